The fourth-order valence-corrected chi connectivity index (χ4v) is 4.02. The first kappa shape index (κ1) is 18.2. The lowest BCUT2D eigenvalue weighted by Crippen LogP contribution is -2.51. The monoisotopic (exact) mass is 325 g/mol. The summed E-state index contributed by atoms with van der Waals surface area (Å²) in [6, 6.07) is 0. The molecule has 1 amide bonds. The van der Waals surface area contributed by atoms with Gasteiger partial charge in [-0.2, -0.15) is 0 Å². The van der Waals surface area contributed by atoms with E-state index in [4.69, 9.17) is 9.84 Å². The highest BCUT2D eigenvalue weighted by Gasteiger charge is 2.39. The fourth-order valence-electron chi connectivity index (χ4n) is 4.02. The van der Waals surface area contributed by atoms with Crippen LogP contribution in [-0.2, 0) is 14.3 Å². The molecule has 132 valence electrons. The summed E-state index contributed by atoms with van der Waals surface area (Å²) in [5, 5.41) is 12.0. The minimum absolute atomic E-state index is 0.0176. The summed E-state index contributed by atoms with van der Waals surface area (Å²) in [4.78, 5) is 23.4. The van der Waals surface area contributed by atoms with Gasteiger partial charge in [-0.1, -0.05) is 20.8 Å². The van der Waals surface area contributed by atoms with E-state index in [2.05, 4.69) is 26.1 Å². The topological polar surface area (TPSA) is 75.6 Å². The molecule has 0 aromatic heterocycles. The van der Waals surface area contributed by atoms with Gasteiger partial charge in [0.25, 0.3) is 0 Å². The Labute approximate surface area is 139 Å². The predicted octanol–water partition coefficient (Wildman–Crippen LogP) is 2.98. The Morgan fingerprint density at radius 1 is 1.22 bits per heavy atom. The van der Waals surface area contributed by atoms with E-state index in [9.17, 15) is 9.59 Å². The van der Waals surface area contributed by atoms with Gasteiger partial charge in [-0.15, -0.1) is 0 Å². The third-order valence-corrected chi connectivity index (χ3v) is 5.54. The van der Waals surface area contributed by atoms with Crippen LogP contribution in [0.5, 0.6) is 0 Å². The molecule has 1 unspecified atom stereocenters. The Balaban J connectivity index is 1.82. The van der Waals surface area contributed by atoms with Crippen LogP contribution in [-0.4, -0.2) is 35.7 Å². The van der Waals surface area contributed by atoms with Gasteiger partial charge in [0.2, 0.25) is 5.91 Å². The smallest absolute Gasteiger partial charge is 0.305 e. The van der Waals surface area contributed by atoms with E-state index in [1.807, 2.05) is 0 Å². The largest absolute Gasteiger partial charge is 0.481 e. The minimum atomic E-state index is -0.888. The zero-order chi connectivity index (χ0) is 17.1. The van der Waals surface area contributed by atoms with Crippen LogP contribution in [0.1, 0.15) is 65.7 Å². The average molecular weight is 325 g/mol. The highest BCUT2D eigenvalue weighted by molar-refractivity contribution is 5.78. The predicted molar refractivity (Wildman–Crippen MR) is 88.1 cm³/mol. The first-order chi connectivity index (χ1) is 10.7. The lowest BCUT2D eigenvalue weighted by molar-refractivity contribution is -0.139. The summed E-state index contributed by atoms with van der Waals surface area (Å²) < 4.78 is 5.33. The number of ether oxygens (including phenoxy) is 1. The van der Waals surface area contributed by atoms with Crippen molar-refractivity contribution < 1.29 is 19.4 Å². The van der Waals surface area contributed by atoms with Crippen molar-refractivity contribution in [2.45, 2.75) is 71.3 Å². The molecule has 2 rings (SSSR count). The molecule has 2 aliphatic rings. The van der Waals surface area contributed by atoms with E-state index >= 15 is 0 Å². The Morgan fingerprint density at radius 3 is 2.35 bits per heavy atom. The van der Waals surface area contributed by atoms with Crippen LogP contribution in [0.15, 0.2) is 0 Å². The van der Waals surface area contributed by atoms with Gasteiger partial charge in [-0.3, -0.25) is 9.59 Å². The SMILES string of the molecule is CC(C)(C)C1CCC(CC(=O)NC2(CC(=O)O)CCOC2)CC1. The molecule has 1 atom stereocenters. The molecular formula is C18H31NO4. The maximum Gasteiger partial charge on any atom is 0.305 e. The molecule has 0 radical (unpaired) electrons. The second-order valence-corrected chi connectivity index (χ2v) is 8.49. The molecule has 2 fully saturated rings. The van der Waals surface area contributed by atoms with Crippen LogP contribution in [0.25, 0.3) is 0 Å². The van der Waals surface area contributed by atoms with Crippen molar-refractivity contribution in [2.75, 3.05) is 13.2 Å². The molecule has 0 spiro atoms. The quantitative estimate of drug-likeness (QED) is 0.815. The Morgan fingerprint density at radius 2 is 1.87 bits per heavy atom. The Kier molecular flexibility index (Phi) is 5.71. The number of rotatable bonds is 5. The molecule has 1 heterocycles. The molecule has 0 aromatic carbocycles. The first-order valence-electron chi connectivity index (χ1n) is 8.81. The van der Waals surface area contributed by atoms with E-state index in [0.29, 0.717) is 37.4 Å². The summed E-state index contributed by atoms with van der Waals surface area (Å²) in [5.74, 6) is 0.263. The second-order valence-electron chi connectivity index (χ2n) is 8.49. The van der Waals surface area contributed by atoms with Gasteiger partial charge < -0.3 is 15.2 Å². The summed E-state index contributed by atoms with van der Waals surface area (Å²) in [6.45, 7) is 7.70. The lowest BCUT2D eigenvalue weighted by Gasteiger charge is -2.37. The number of carboxylic acids is 1. The maximum absolute atomic E-state index is 12.4. The molecule has 5 heteroatoms. The fraction of sp³-hybridized carbons (Fsp3) is 0.889. The van der Waals surface area contributed by atoms with Crippen molar-refractivity contribution in [3.8, 4) is 0 Å². The van der Waals surface area contributed by atoms with Gasteiger partial charge in [0, 0.05) is 13.0 Å². The molecule has 0 bridgehead atoms. The number of aliphatic carboxylic acids is 1. The third kappa shape index (κ3) is 5.20. The molecule has 5 nitrogen and oxygen atoms in total. The maximum atomic E-state index is 12.4. The number of carbonyl (C=O) groups excluding carboxylic acids is 1. The summed E-state index contributed by atoms with van der Waals surface area (Å²) >= 11 is 0. The normalized spacial score (nSPS) is 31.8. The standard InChI is InChI=1S/C18H31NO4/c1-17(2,3)14-6-4-13(5-7-14)10-15(20)19-18(11-16(21)22)8-9-23-12-18/h13-14H,4-12H2,1-3H3,(H,19,20)(H,21,22). The zero-order valence-corrected chi connectivity index (χ0v) is 14.7. The van der Waals surface area contributed by atoms with E-state index in [1.165, 1.54) is 12.8 Å². The lowest BCUT2D eigenvalue weighted by atomic mass is 9.69. The van der Waals surface area contributed by atoms with Crippen LogP contribution in [0.4, 0.5) is 0 Å². The van der Waals surface area contributed by atoms with Crippen LogP contribution in [0.3, 0.4) is 0 Å². The minimum Gasteiger partial charge on any atom is -0.481 e. The van der Waals surface area contributed by atoms with Crippen molar-refractivity contribution in [2.24, 2.45) is 17.3 Å². The van der Waals surface area contributed by atoms with Gasteiger partial charge in [0.1, 0.15) is 0 Å². The Bertz CT molecular complexity index is 427. The van der Waals surface area contributed by atoms with Gasteiger partial charge in [0.15, 0.2) is 0 Å². The van der Waals surface area contributed by atoms with E-state index in [0.717, 1.165) is 18.8 Å². The van der Waals surface area contributed by atoms with Crippen molar-refractivity contribution in [3.63, 3.8) is 0 Å². The molecule has 1 aliphatic carbocycles. The van der Waals surface area contributed by atoms with Crippen molar-refractivity contribution >= 4 is 11.9 Å². The van der Waals surface area contributed by atoms with E-state index < -0.39 is 11.5 Å². The van der Waals surface area contributed by atoms with Crippen LogP contribution in [0.2, 0.25) is 0 Å². The van der Waals surface area contributed by atoms with E-state index in [-0.39, 0.29) is 12.3 Å². The number of hydrogen-bond donors (Lipinski definition) is 2. The van der Waals surface area contributed by atoms with Gasteiger partial charge in [-0.25, -0.2) is 0 Å². The molecule has 23 heavy (non-hydrogen) atoms. The van der Waals surface area contributed by atoms with Crippen molar-refractivity contribution in [3.05, 3.63) is 0 Å². The first-order valence-corrected chi connectivity index (χ1v) is 8.81. The molecule has 1 saturated carbocycles. The van der Waals surface area contributed by atoms with Gasteiger partial charge in [0.05, 0.1) is 18.6 Å². The summed E-state index contributed by atoms with van der Waals surface area (Å²) in [7, 11) is 0. The van der Waals surface area contributed by atoms with Crippen molar-refractivity contribution in [1.82, 2.24) is 5.32 Å². The number of amides is 1. The van der Waals surface area contributed by atoms with Crippen LogP contribution >= 0.6 is 0 Å². The summed E-state index contributed by atoms with van der Waals surface area (Å²) in [5.41, 5.74) is -0.356. The molecule has 1 aliphatic heterocycles. The highest BCUT2D eigenvalue weighted by Crippen LogP contribution is 2.40. The molecule has 1 saturated heterocycles. The Hall–Kier alpha value is -1.10. The highest BCUT2D eigenvalue weighted by atomic mass is 16.5. The summed E-state index contributed by atoms with van der Waals surface area (Å²) in [6.07, 6.45) is 5.60. The number of carboxylic acid groups (broad SMARTS) is 1. The van der Waals surface area contributed by atoms with Crippen molar-refractivity contribution in [1.29, 1.82) is 0 Å². The van der Waals surface area contributed by atoms with Gasteiger partial charge in [-0.05, 0) is 49.4 Å². The number of nitrogens with one attached hydrogen (secondary N) is 1. The number of hydrogen-bond acceptors (Lipinski definition) is 3. The van der Waals surface area contributed by atoms with Gasteiger partial charge >= 0.3 is 5.97 Å². The third-order valence-electron chi connectivity index (χ3n) is 5.54. The zero-order valence-electron chi connectivity index (χ0n) is 14.7. The van der Waals surface area contributed by atoms with Crippen LogP contribution < -0.4 is 5.32 Å². The second kappa shape index (κ2) is 7.20. The van der Waals surface area contributed by atoms with Crippen LogP contribution in [0, 0.1) is 17.3 Å². The van der Waals surface area contributed by atoms with E-state index in [1.54, 1.807) is 0 Å². The molecule has 0 aromatic rings. The number of carbonyl (C=O) groups is 2. The molecule has 2 N–H and O–H groups in total. The molecular weight excluding hydrogens is 294 g/mol. The average Bonchev–Trinajstić information content (AvgIpc) is 2.85.